The molecular formula is C23H27N7O2S. The molecule has 172 valence electrons. The quantitative estimate of drug-likeness (QED) is 0.488. The molecule has 1 aliphatic heterocycles. The third-order valence-corrected chi connectivity index (χ3v) is 6.28. The molecule has 2 heterocycles. The van der Waals surface area contributed by atoms with E-state index in [4.69, 9.17) is 0 Å². The van der Waals surface area contributed by atoms with E-state index in [0.29, 0.717) is 17.3 Å². The van der Waals surface area contributed by atoms with Gasteiger partial charge in [0.15, 0.2) is 0 Å². The summed E-state index contributed by atoms with van der Waals surface area (Å²) in [6.45, 7) is 3.82. The summed E-state index contributed by atoms with van der Waals surface area (Å²) >= 11 is 1.27. The van der Waals surface area contributed by atoms with Gasteiger partial charge in [0.1, 0.15) is 0 Å². The van der Waals surface area contributed by atoms with Crippen LogP contribution in [0.2, 0.25) is 0 Å². The maximum absolute atomic E-state index is 12.7. The highest BCUT2D eigenvalue weighted by molar-refractivity contribution is 7.99. The molecule has 0 bridgehead atoms. The number of hydrogen-bond donors (Lipinski definition) is 2. The number of piperidine rings is 1. The number of nitrogens with one attached hydrogen (secondary N) is 2. The fourth-order valence-electron chi connectivity index (χ4n) is 3.67. The van der Waals surface area contributed by atoms with Crippen molar-refractivity contribution in [2.24, 2.45) is 0 Å². The molecule has 0 atom stereocenters. The summed E-state index contributed by atoms with van der Waals surface area (Å²) in [5.74, 6) is 0.0187. The van der Waals surface area contributed by atoms with Crippen LogP contribution in [0.5, 0.6) is 0 Å². The lowest BCUT2D eigenvalue weighted by Crippen LogP contribution is -2.30. The standard InChI is InChI=1S/C23H27N7O2S/c1-2-21(31)24-17-10-12-18(13-11-17)30-23(26-27-28-30)33-16-22(32)25-19-8-4-5-9-20(19)29-14-6-3-7-15-29/h4-5,8-13H,2-3,6-7,14-16H2,1H3,(H,24,31)(H,25,32). The van der Waals surface area contributed by atoms with E-state index in [1.54, 1.807) is 23.7 Å². The third-order valence-electron chi connectivity index (χ3n) is 5.36. The number of benzene rings is 2. The number of para-hydroxylation sites is 2. The summed E-state index contributed by atoms with van der Waals surface area (Å²) < 4.78 is 1.57. The van der Waals surface area contributed by atoms with Gasteiger partial charge in [0.25, 0.3) is 0 Å². The Balaban J connectivity index is 1.38. The van der Waals surface area contributed by atoms with Crippen molar-refractivity contribution in [2.75, 3.05) is 34.4 Å². The maximum atomic E-state index is 12.7. The van der Waals surface area contributed by atoms with Crippen LogP contribution in [-0.4, -0.2) is 50.9 Å². The molecule has 0 aliphatic carbocycles. The summed E-state index contributed by atoms with van der Waals surface area (Å²) in [6, 6.07) is 15.2. The van der Waals surface area contributed by atoms with Gasteiger partial charge in [-0.15, -0.1) is 5.10 Å². The fraction of sp³-hybridized carbons (Fsp3) is 0.348. The van der Waals surface area contributed by atoms with E-state index < -0.39 is 0 Å². The highest BCUT2D eigenvalue weighted by Gasteiger charge is 2.17. The second kappa shape index (κ2) is 11.0. The Bertz CT molecular complexity index is 1090. The van der Waals surface area contributed by atoms with E-state index in [0.717, 1.165) is 30.2 Å². The van der Waals surface area contributed by atoms with E-state index in [2.05, 4.69) is 37.1 Å². The third kappa shape index (κ3) is 5.89. The molecule has 33 heavy (non-hydrogen) atoms. The zero-order valence-corrected chi connectivity index (χ0v) is 19.3. The Kier molecular flexibility index (Phi) is 7.56. The summed E-state index contributed by atoms with van der Waals surface area (Å²) in [7, 11) is 0. The Labute approximate surface area is 196 Å². The number of hydrogen-bond acceptors (Lipinski definition) is 7. The van der Waals surface area contributed by atoms with Crippen molar-refractivity contribution in [1.82, 2.24) is 20.2 Å². The van der Waals surface area contributed by atoms with Gasteiger partial charge < -0.3 is 15.5 Å². The Hall–Kier alpha value is -3.40. The normalized spacial score (nSPS) is 13.5. The number of carbonyl (C=O) groups excluding carboxylic acids is 2. The van der Waals surface area contributed by atoms with Gasteiger partial charge in [-0.25, -0.2) is 0 Å². The van der Waals surface area contributed by atoms with Gasteiger partial charge in [0.05, 0.1) is 22.8 Å². The molecular weight excluding hydrogens is 438 g/mol. The monoisotopic (exact) mass is 465 g/mol. The first kappa shape index (κ1) is 22.8. The van der Waals surface area contributed by atoms with Crippen molar-refractivity contribution < 1.29 is 9.59 Å². The van der Waals surface area contributed by atoms with Crippen LogP contribution in [0.15, 0.2) is 53.7 Å². The summed E-state index contributed by atoms with van der Waals surface area (Å²) in [5, 5.41) is 18.2. The molecule has 1 saturated heterocycles. The number of nitrogens with zero attached hydrogens (tertiary/aromatic N) is 5. The first-order valence-electron chi connectivity index (χ1n) is 11.1. The van der Waals surface area contributed by atoms with Gasteiger partial charge in [0.2, 0.25) is 17.0 Å². The molecule has 0 spiro atoms. The summed E-state index contributed by atoms with van der Waals surface area (Å²) in [4.78, 5) is 26.6. The number of amides is 2. The van der Waals surface area contributed by atoms with Gasteiger partial charge in [-0.3, -0.25) is 9.59 Å². The molecule has 9 nitrogen and oxygen atoms in total. The predicted octanol–water partition coefficient (Wildman–Crippen LogP) is 3.73. The SMILES string of the molecule is CCC(=O)Nc1ccc(-n2nnnc2SCC(=O)Nc2ccccc2N2CCCCC2)cc1. The fourth-order valence-corrected chi connectivity index (χ4v) is 4.36. The van der Waals surface area contributed by atoms with Crippen molar-refractivity contribution in [3.8, 4) is 5.69 Å². The average molecular weight is 466 g/mol. The van der Waals surface area contributed by atoms with E-state index in [9.17, 15) is 9.59 Å². The zero-order chi connectivity index (χ0) is 23.0. The topological polar surface area (TPSA) is 105 Å². The molecule has 2 N–H and O–H groups in total. The molecule has 1 aromatic heterocycles. The van der Waals surface area contributed by atoms with Crippen molar-refractivity contribution in [3.63, 3.8) is 0 Å². The van der Waals surface area contributed by atoms with Crippen molar-refractivity contribution in [2.45, 2.75) is 37.8 Å². The second-order valence-electron chi connectivity index (χ2n) is 7.72. The molecule has 0 radical (unpaired) electrons. The van der Waals surface area contributed by atoms with Crippen molar-refractivity contribution in [1.29, 1.82) is 0 Å². The predicted molar refractivity (Wildman–Crippen MR) is 130 cm³/mol. The number of anilines is 3. The summed E-state index contributed by atoms with van der Waals surface area (Å²) in [5.41, 5.74) is 3.34. The average Bonchev–Trinajstić information content (AvgIpc) is 3.33. The summed E-state index contributed by atoms with van der Waals surface area (Å²) in [6.07, 6.45) is 4.02. The highest BCUT2D eigenvalue weighted by Crippen LogP contribution is 2.28. The van der Waals surface area contributed by atoms with E-state index in [-0.39, 0.29) is 17.6 Å². The van der Waals surface area contributed by atoms with Gasteiger partial charge in [-0.2, -0.15) is 4.68 Å². The lowest BCUT2D eigenvalue weighted by molar-refractivity contribution is -0.116. The molecule has 3 aromatic rings. The maximum Gasteiger partial charge on any atom is 0.234 e. The van der Waals surface area contributed by atoms with Crippen LogP contribution < -0.4 is 15.5 Å². The van der Waals surface area contributed by atoms with Crippen LogP contribution in [-0.2, 0) is 9.59 Å². The lowest BCUT2D eigenvalue weighted by Gasteiger charge is -2.30. The van der Waals surface area contributed by atoms with Crippen molar-refractivity contribution >= 4 is 40.6 Å². The smallest absolute Gasteiger partial charge is 0.234 e. The number of aromatic nitrogens is 4. The van der Waals surface area contributed by atoms with Gasteiger partial charge >= 0.3 is 0 Å². The van der Waals surface area contributed by atoms with Gasteiger partial charge in [-0.05, 0) is 66.1 Å². The zero-order valence-electron chi connectivity index (χ0n) is 18.5. The second-order valence-corrected chi connectivity index (χ2v) is 8.67. The first-order valence-corrected chi connectivity index (χ1v) is 12.1. The molecule has 10 heteroatoms. The Morgan fingerprint density at radius 3 is 2.48 bits per heavy atom. The minimum Gasteiger partial charge on any atom is -0.370 e. The highest BCUT2D eigenvalue weighted by atomic mass is 32.2. The minimum atomic E-state index is -0.114. The van der Waals surface area contributed by atoms with Crippen LogP contribution in [0, 0.1) is 0 Å². The number of carbonyl (C=O) groups is 2. The molecule has 0 saturated carbocycles. The van der Waals surface area contributed by atoms with Gasteiger partial charge in [0, 0.05) is 25.2 Å². The number of tetrazole rings is 1. The van der Waals surface area contributed by atoms with Gasteiger partial charge in [-0.1, -0.05) is 30.8 Å². The van der Waals surface area contributed by atoms with Crippen LogP contribution in [0.1, 0.15) is 32.6 Å². The van der Waals surface area contributed by atoms with E-state index in [1.807, 2.05) is 30.3 Å². The van der Waals surface area contributed by atoms with E-state index >= 15 is 0 Å². The molecule has 0 unspecified atom stereocenters. The molecule has 1 fully saturated rings. The number of rotatable bonds is 8. The molecule has 2 amide bonds. The lowest BCUT2D eigenvalue weighted by atomic mass is 10.1. The van der Waals surface area contributed by atoms with Crippen LogP contribution in [0.3, 0.4) is 0 Å². The molecule has 2 aromatic carbocycles. The van der Waals surface area contributed by atoms with Crippen LogP contribution in [0.25, 0.3) is 5.69 Å². The van der Waals surface area contributed by atoms with E-state index in [1.165, 1.54) is 31.0 Å². The van der Waals surface area contributed by atoms with Crippen LogP contribution in [0.4, 0.5) is 17.1 Å². The Morgan fingerprint density at radius 1 is 0.970 bits per heavy atom. The first-order chi connectivity index (χ1) is 16.1. The molecule has 1 aliphatic rings. The largest absolute Gasteiger partial charge is 0.370 e. The molecule has 4 rings (SSSR count). The van der Waals surface area contributed by atoms with Crippen molar-refractivity contribution in [3.05, 3.63) is 48.5 Å². The minimum absolute atomic E-state index is 0.0470. The number of thioether (sulfide) groups is 1. The van der Waals surface area contributed by atoms with Crippen LogP contribution >= 0.6 is 11.8 Å². The Morgan fingerprint density at radius 2 is 1.73 bits per heavy atom.